The molecule has 1 fully saturated rings. The van der Waals surface area contributed by atoms with Gasteiger partial charge in [-0.05, 0) is 49.2 Å². The molecule has 0 unspecified atom stereocenters. The van der Waals surface area contributed by atoms with Crippen molar-refractivity contribution in [3.8, 4) is 16.9 Å². The first-order valence-electron chi connectivity index (χ1n) is 10.6. The van der Waals surface area contributed by atoms with Crippen molar-refractivity contribution in [3.05, 3.63) is 64.9 Å². The van der Waals surface area contributed by atoms with Gasteiger partial charge >= 0.3 is 0 Å². The maximum atomic E-state index is 14.1. The van der Waals surface area contributed by atoms with Gasteiger partial charge in [-0.15, -0.1) is 0 Å². The third-order valence-electron chi connectivity index (χ3n) is 6.28. The molecule has 2 aromatic heterocycles. The first kappa shape index (κ1) is 19.8. The van der Waals surface area contributed by atoms with Crippen LogP contribution in [0.15, 0.2) is 36.4 Å². The lowest BCUT2D eigenvalue weighted by Gasteiger charge is -2.25. The Morgan fingerprint density at radius 1 is 1.16 bits per heavy atom. The second-order valence-electron chi connectivity index (χ2n) is 8.24. The van der Waals surface area contributed by atoms with Crippen LogP contribution < -0.4 is 10.1 Å². The summed E-state index contributed by atoms with van der Waals surface area (Å²) in [5.74, 6) is 0.672. The third-order valence-corrected chi connectivity index (χ3v) is 6.28. The number of rotatable bonds is 6. The topological polar surface area (TPSA) is 67.8 Å². The fourth-order valence-electron chi connectivity index (χ4n) is 4.29. The Labute approximate surface area is 180 Å². The second kappa shape index (κ2) is 7.81. The Bertz CT molecular complexity index is 1250. The lowest BCUT2D eigenvalue weighted by atomic mass is 9.94. The Morgan fingerprint density at radius 3 is 2.71 bits per heavy atom. The van der Waals surface area contributed by atoms with E-state index < -0.39 is 0 Å². The van der Waals surface area contributed by atoms with Crippen molar-refractivity contribution in [1.82, 2.24) is 25.3 Å². The van der Waals surface area contributed by atoms with Crippen LogP contribution in [-0.2, 0) is 13.5 Å². The number of hydrogen-bond donors (Lipinski definition) is 2. The summed E-state index contributed by atoms with van der Waals surface area (Å²) in [6, 6.07) is 10.9. The van der Waals surface area contributed by atoms with Gasteiger partial charge in [0.1, 0.15) is 11.6 Å². The van der Waals surface area contributed by atoms with Gasteiger partial charge in [0.05, 0.1) is 23.5 Å². The molecule has 0 atom stereocenters. The first-order chi connectivity index (χ1) is 15.0. The lowest BCUT2D eigenvalue weighted by Crippen LogP contribution is -2.40. The molecule has 31 heavy (non-hydrogen) atoms. The van der Waals surface area contributed by atoms with Gasteiger partial charge in [-0.25, -0.2) is 4.39 Å². The average molecular weight is 420 g/mol. The maximum absolute atomic E-state index is 14.1. The van der Waals surface area contributed by atoms with E-state index in [-0.39, 0.29) is 5.82 Å². The van der Waals surface area contributed by atoms with Crippen LogP contribution in [0.5, 0.6) is 5.75 Å². The molecule has 2 aromatic carbocycles. The number of hydrogen-bond acceptors (Lipinski definition) is 4. The van der Waals surface area contributed by atoms with Crippen molar-refractivity contribution in [2.24, 2.45) is 7.05 Å². The number of aromatic nitrogens is 4. The Balaban J connectivity index is 1.43. The molecule has 4 aromatic rings. The molecule has 1 saturated heterocycles. The summed E-state index contributed by atoms with van der Waals surface area (Å²) < 4.78 is 22.0. The number of nitrogens with zero attached hydrogens (tertiary/aromatic N) is 3. The van der Waals surface area contributed by atoms with Crippen LogP contribution in [0.4, 0.5) is 4.39 Å². The maximum Gasteiger partial charge on any atom is 0.130 e. The van der Waals surface area contributed by atoms with Gasteiger partial charge in [0.15, 0.2) is 0 Å². The van der Waals surface area contributed by atoms with E-state index in [4.69, 9.17) is 4.74 Å². The number of aryl methyl sites for hydroxylation is 2. The second-order valence-corrected chi connectivity index (χ2v) is 8.24. The SMILES string of the molecule is Cc1nn(C)c(C)c1CCOc1cc(F)ccc1-c1ccc2[nH]nc(C3CNC3)c2c1. The van der Waals surface area contributed by atoms with E-state index in [0.29, 0.717) is 18.3 Å². The molecule has 0 aliphatic carbocycles. The van der Waals surface area contributed by atoms with Crippen LogP contribution in [0.1, 0.15) is 28.6 Å². The lowest BCUT2D eigenvalue weighted by molar-refractivity contribution is 0.321. The number of aromatic amines is 1. The molecule has 7 heteroatoms. The Morgan fingerprint density at radius 2 is 2.00 bits per heavy atom. The highest BCUT2D eigenvalue weighted by atomic mass is 19.1. The minimum atomic E-state index is -0.307. The Hall–Kier alpha value is -3.19. The van der Waals surface area contributed by atoms with Gasteiger partial charge in [-0.2, -0.15) is 10.2 Å². The molecule has 1 aliphatic heterocycles. The predicted molar refractivity (Wildman–Crippen MR) is 119 cm³/mol. The van der Waals surface area contributed by atoms with E-state index in [1.54, 1.807) is 6.07 Å². The summed E-state index contributed by atoms with van der Waals surface area (Å²) in [5, 5.41) is 16.5. The fourth-order valence-corrected chi connectivity index (χ4v) is 4.29. The van der Waals surface area contributed by atoms with Crippen LogP contribution in [0, 0.1) is 19.7 Å². The summed E-state index contributed by atoms with van der Waals surface area (Å²) >= 11 is 0. The highest BCUT2D eigenvalue weighted by Gasteiger charge is 2.24. The monoisotopic (exact) mass is 419 g/mol. The molecule has 1 aliphatic rings. The molecular weight excluding hydrogens is 393 g/mol. The normalized spacial score (nSPS) is 14.2. The molecule has 6 nitrogen and oxygen atoms in total. The zero-order valence-electron chi connectivity index (χ0n) is 18.0. The smallest absolute Gasteiger partial charge is 0.130 e. The number of H-pyrrole nitrogens is 1. The minimum absolute atomic E-state index is 0.307. The molecule has 2 N–H and O–H groups in total. The number of nitrogens with one attached hydrogen (secondary N) is 2. The molecule has 3 heterocycles. The summed E-state index contributed by atoms with van der Waals surface area (Å²) in [5.41, 5.74) is 7.28. The summed E-state index contributed by atoms with van der Waals surface area (Å²) in [7, 11) is 1.94. The van der Waals surface area contributed by atoms with Crippen molar-refractivity contribution in [2.45, 2.75) is 26.2 Å². The average Bonchev–Trinajstić information content (AvgIpc) is 3.22. The van der Waals surface area contributed by atoms with Gasteiger partial charge in [0.25, 0.3) is 0 Å². The van der Waals surface area contributed by atoms with Gasteiger partial charge in [-0.1, -0.05) is 6.07 Å². The van der Waals surface area contributed by atoms with Crippen molar-refractivity contribution >= 4 is 10.9 Å². The van der Waals surface area contributed by atoms with Crippen LogP contribution in [-0.4, -0.2) is 39.7 Å². The van der Waals surface area contributed by atoms with Crippen LogP contribution in [0.3, 0.4) is 0 Å². The first-order valence-corrected chi connectivity index (χ1v) is 10.6. The number of benzene rings is 2. The van der Waals surface area contributed by atoms with E-state index in [1.807, 2.05) is 30.8 Å². The van der Waals surface area contributed by atoms with E-state index in [9.17, 15) is 4.39 Å². The van der Waals surface area contributed by atoms with Crippen molar-refractivity contribution in [1.29, 1.82) is 0 Å². The standard InChI is InChI=1S/C24H26FN5O/c1-14-19(15(2)30(3)29-14)8-9-31-23-11-18(25)5-6-20(23)16-4-7-22-21(10-16)24(28-27-22)17-12-26-13-17/h4-7,10-11,17,26H,8-9,12-13H2,1-3H3,(H,27,28). The van der Waals surface area contributed by atoms with Gasteiger partial charge in [0.2, 0.25) is 0 Å². The van der Waals surface area contributed by atoms with Crippen molar-refractivity contribution < 1.29 is 9.13 Å². The van der Waals surface area contributed by atoms with Gasteiger partial charge in [0, 0.05) is 55.2 Å². The Kier molecular flexibility index (Phi) is 4.98. The predicted octanol–water partition coefficient (Wildman–Crippen LogP) is 4.03. The van der Waals surface area contributed by atoms with Crippen molar-refractivity contribution in [3.63, 3.8) is 0 Å². The zero-order chi connectivity index (χ0) is 21.5. The van der Waals surface area contributed by atoms with E-state index in [1.165, 1.54) is 17.7 Å². The molecule has 0 amide bonds. The number of halogens is 1. The zero-order valence-corrected chi connectivity index (χ0v) is 18.0. The van der Waals surface area contributed by atoms with Crippen LogP contribution >= 0.6 is 0 Å². The largest absolute Gasteiger partial charge is 0.492 e. The quantitative estimate of drug-likeness (QED) is 0.495. The summed E-state index contributed by atoms with van der Waals surface area (Å²) in [4.78, 5) is 0. The summed E-state index contributed by atoms with van der Waals surface area (Å²) in [6.07, 6.45) is 0.723. The number of ether oxygens (including phenoxy) is 1. The van der Waals surface area contributed by atoms with Crippen LogP contribution in [0.25, 0.3) is 22.0 Å². The minimum Gasteiger partial charge on any atom is -0.492 e. The van der Waals surface area contributed by atoms with Gasteiger partial charge < -0.3 is 10.1 Å². The fraction of sp³-hybridized carbons (Fsp3) is 0.333. The molecule has 0 saturated carbocycles. The molecule has 5 rings (SSSR count). The van der Waals surface area contributed by atoms with E-state index in [0.717, 1.165) is 58.6 Å². The van der Waals surface area contributed by atoms with E-state index in [2.05, 4.69) is 33.6 Å². The number of fused-ring (bicyclic) bond motifs is 1. The molecular formula is C24H26FN5O. The van der Waals surface area contributed by atoms with Crippen LogP contribution in [0.2, 0.25) is 0 Å². The van der Waals surface area contributed by atoms with Crippen molar-refractivity contribution in [2.75, 3.05) is 19.7 Å². The highest BCUT2D eigenvalue weighted by Crippen LogP contribution is 2.35. The molecule has 160 valence electrons. The third kappa shape index (κ3) is 3.59. The van der Waals surface area contributed by atoms with Gasteiger partial charge in [-0.3, -0.25) is 9.78 Å². The molecule has 0 radical (unpaired) electrons. The molecule has 0 bridgehead atoms. The highest BCUT2D eigenvalue weighted by molar-refractivity contribution is 5.88. The molecule has 0 spiro atoms. The summed E-state index contributed by atoms with van der Waals surface area (Å²) in [6.45, 7) is 6.41. The van der Waals surface area contributed by atoms with E-state index >= 15 is 0 Å².